The molecule has 4 aromatic rings. The minimum Gasteiger partial charge on any atom is -0.492 e. The van der Waals surface area contributed by atoms with Crippen molar-refractivity contribution in [2.24, 2.45) is 0 Å². The van der Waals surface area contributed by atoms with Gasteiger partial charge in [-0.1, -0.05) is 96.9 Å². The third-order valence-electron chi connectivity index (χ3n) is 7.22. The standard InChI is InChI=1S/C35H37Cl2N3O5S/c1-3-21-38-35(42)32(22-26-13-7-5-8-14-26)39(24-27-19-20-28(36)23-30(27)37)34(41)25-40(31-17-11-12-18-33(31)45-4-2)46(43,44)29-15-9-6-10-16-29/h5-20,23,32H,3-4,21-22,24-25H2,1-2H3,(H,38,42)/t32-/m1/s1. The Kier molecular flexibility index (Phi) is 12.5. The highest BCUT2D eigenvalue weighted by Crippen LogP contribution is 2.33. The molecule has 0 aliphatic heterocycles. The van der Waals surface area contributed by atoms with Gasteiger partial charge in [0.1, 0.15) is 18.3 Å². The summed E-state index contributed by atoms with van der Waals surface area (Å²) in [4.78, 5) is 29.8. The van der Waals surface area contributed by atoms with E-state index in [-0.39, 0.29) is 36.1 Å². The van der Waals surface area contributed by atoms with Crippen LogP contribution >= 0.6 is 23.2 Å². The van der Waals surface area contributed by atoms with Crippen LogP contribution in [0, 0.1) is 0 Å². The van der Waals surface area contributed by atoms with E-state index >= 15 is 0 Å². The van der Waals surface area contributed by atoms with Crippen LogP contribution in [0.1, 0.15) is 31.4 Å². The fourth-order valence-corrected chi connectivity index (χ4v) is 6.84. The second-order valence-electron chi connectivity index (χ2n) is 10.5. The highest BCUT2D eigenvalue weighted by Gasteiger charge is 2.35. The van der Waals surface area contributed by atoms with Gasteiger partial charge < -0.3 is 15.0 Å². The second kappa shape index (κ2) is 16.5. The van der Waals surface area contributed by atoms with Crippen LogP contribution in [0.25, 0.3) is 0 Å². The maximum absolute atomic E-state index is 14.6. The summed E-state index contributed by atoms with van der Waals surface area (Å²) in [7, 11) is -4.27. The van der Waals surface area contributed by atoms with Gasteiger partial charge in [-0.3, -0.25) is 13.9 Å². The predicted octanol–water partition coefficient (Wildman–Crippen LogP) is 6.75. The van der Waals surface area contributed by atoms with Crippen LogP contribution < -0.4 is 14.4 Å². The van der Waals surface area contributed by atoms with Gasteiger partial charge in [0.05, 0.1) is 17.2 Å². The number of anilines is 1. The zero-order valence-corrected chi connectivity index (χ0v) is 28.1. The molecule has 0 aromatic heterocycles. The number of hydrogen-bond acceptors (Lipinski definition) is 5. The van der Waals surface area contributed by atoms with Crippen molar-refractivity contribution in [2.45, 2.75) is 44.2 Å². The van der Waals surface area contributed by atoms with Crippen LogP contribution in [0.4, 0.5) is 5.69 Å². The van der Waals surface area contributed by atoms with Crippen LogP contribution in [0.3, 0.4) is 0 Å². The average Bonchev–Trinajstić information content (AvgIpc) is 3.06. The summed E-state index contributed by atoms with van der Waals surface area (Å²) in [5, 5.41) is 3.66. The Morgan fingerprint density at radius 3 is 2.17 bits per heavy atom. The number of carbonyl (C=O) groups excluding carboxylic acids is 2. The third-order valence-corrected chi connectivity index (χ3v) is 9.58. The highest BCUT2D eigenvalue weighted by molar-refractivity contribution is 7.92. The second-order valence-corrected chi connectivity index (χ2v) is 13.2. The molecular formula is C35H37Cl2N3O5S. The molecule has 1 atom stereocenters. The first kappa shape index (κ1) is 34.8. The molecule has 0 spiro atoms. The Hall–Kier alpha value is -4.05. The lowest BCUT2D eigenvalue weighted by Gasteiger charge is -2.34. The molecule has 11 heteroatoms. The van der Waals surface area contributed by atoms with E-state index in [1.807, 2.05) is 37.3 Å². The third kappa shape index (κ3) is 8.81. The number of halogens is 2. The van der Waals surface area contributed by atoms with Crippen molar-refractivity contribution in [2.75, 3.05) is 24.0 Å². The number of nitrogens with zero attached hydrogens (tertiary/aromatic N) is 2. The number of sulfonamides is 1. The number of rotatable bonds is 15. The van der Waals surface area contributed by atoms with Gasteiger partial charge in [0, 0.05) is 29.6 Å². The van der Waals surface area contributed by atoms with Gasteiger partial charge in [0.25, 0.3) is 10.0 Å². The first-order valence-corrected chi connectivity index (χ1v) is 17.2. The average molecular weight is 683 g/mol. The predicted molar refractivity (Wildman–Crippen MR) is 183 cm³/mol. The Morgan fingerprint density at radius 1 is 0.870 bits per heavy atom. The van der Waals surface area contributed by atoms with Crippen molar-refractivity contribution in [1.29, 1.82) is 0 Å². The van der Waals surface area contributed by atoms with Crippen LogP contribution in [0.2, 0.25) is 10.0 Å². The Bertz CT molecular complexity index is 1720. The zero-order valence-electron chi connectivity index (χ0n) is 25.7. The lowest BCUT2D eigenvalue weighted by molar-refractivity contribution is -0.140. The molecule has 2 amide bonds. The molecule has 1 N–H and O–H groups in total. The molecule has 4 rings (SSSR count). The van der Waals surface area contributed by atoms with Crippen molar-refractivity contribution in [3.05, 3.63) is 124 Å². The van der Waals surface area contributed by atoms with Crippen LogP contribution in [0.15, 0.2) is 108 Å². The fraction of sp³-hybridized carbons (Fsp3) is 0.257. The minimum atomic E-state index is -4.27. The number of para-hydroxylation sites is 2. The van der Waals surface area contributed by atoms with Gasteiger partial charge >= 0.3 is 0 Å². The Labute approximate surface area is 280 Å². The number of hydrogen-bond donors (Lipinski definition) is 1. The normalized spacial score (nSPS) is 11.8. The molecule has 0 radical (unpaired) electrons. The number of benzene rings is 4. The molecule has 8 nitrogen and oxygen atoms in total. The van der Waals surface area contributed by atoms with Crippen LogP contribution in [-0.2, 0) is 32.6 Å². The van der Waals surface area contributed by atoms with Crippen molar-refractivity contribution in [3.8, 4) is 5.75 Å². The molecule has 242 valence electrons. The molecule has 0 unspecified atom stereocenters. The molecule has 0 bridgehead atoms. The van der Waals surface area contributed by atoms with E-state index in [9.17, 15) is 18.0 Å². The van der Waals surface area contributed by atoms with E-state index < -0.39 is 28.5 Å². The van der Waals surface area contributed by atoms with Crippen LogP contribution in [-0.4, -0.2) is 50.9 Å². The number of carbonyl (C=O) groups is 2. The van der Waals surface area contributed by atoms with Gasteiger partial charge in [-0.05, 0) is 60.9 Å². The van der Waals surface area contributed by atoms with Gasteiger partial charge in [0.15, 0.2) is 0 Å². The summed E-state index contributed by atoms with van der Waals surface area (Å²) in [5.74, 6) is -0.674. The number of nitrogens with one attached hydrogen (secondary N) is 1. The molecule has 0 heterocycles. The van der Waals surface area contributed by atoms with Gasteiger partial charge in [-0.25, -0.2) is 8.42 Å². The largest absolute Gasteiger partial charge is 0.492 e. The summed E-state index contributed by atoms with van der Waals surface area (Å²) in [6, 6.07) is 27.8. The Morgan fingerprint density at radius 2 is 1.52 bits per heavy atom. The smallest absolute Gasteiger partial charge is 0.264 e. The van der Waals surface area contributed by atoms with Crippen molar-refractivity contribution < 1.29 is 22.7 Å². The molecule has 46 heavy (non-hydrogen) atoms. The van der Waals surface area contributed by atoms with E-state index in [2.05, 4.69) is 5.32 Å². The van der Waals surface area contributed by atoms with E-state index in [1.54, 1.807) is 67.6 Å². The van der Waals surface area contributed by atoms with E-state index in [0.717, 1.165) is 9.87 Å². The quantitative estimate of drug-likeness (QED) is 0.150. The van der Waals surface area contributed by atoms with Crippen LogP contribution in [0.5, 0.6) is 5.75 Å². The number of ether oxygens (including phenoxy) is 1. The minimum absolute atomic E-state index is 0.00271. The monoisotopic (exact) mass is 681 g/mol. The lowest BCUT2D eigenvalue weighted by atomic mass is 10.0. The van der Waals surface area contributed by atoms with E-state index in [0.29, 0.717) is 34.3 Å². The van der Waals surface area contributed by atoms with E-state index in [1.165, 1.54) is 17.0 Å². The van der Waals surface area contributed by atoms with Gasteiger partial charge in [-0.15, -0.1) is 0 Å². The maximum atomic E-state index is 14.6. The SMILES string of the molecule is CCCNC(=O)[C@@H](Cc1ccccc1)N(Cc1ccc(Cl)cc1Cl)C(=O)CN(c1ccccc1OCC)S(=O)(=O)c1ccccc1. The molecule has 0 fully saturated rings. The van der Waals surface area contributed by atoms with Crippen molar-refractivity contribution >= 4 is 50.7 Å². The zero-order chi connectivity index (χ0) is 33.1. The molecule has 4 aromatic carbocycles. The summed E-state index contributed by atoms with van der Waals surface area (Å²) in [6.45, 7) is 3.73. The highest BCUT2D eigenvalue weighted by atomic mass is 35.5. The van der Waals surface area contributed by atoms with Gasteiger partial charge in [0.2, 0.25) is 11.8 Å². The summed E-state index contributed by atoms with van der Waals surface area (Å²) in [5.41, 5.74) is 1.57. The topological polar surface area (TPSA) is 96.0 Å². The molecular weight excluding hydrogens is 645 g/mol. The molecule has 0 saturated heterocycles. The fourth-order valence-electron chi connectivity index (χ4n) is 4.93. The Balaban J connectivity index is 1.84. The summed E-state index contributed by atoms with van der Waals surface area (Å²) < 4.78 is 35.3. The summed E-state index contributed by atoms with van der Waals surface area (Å²) >= 11 is 12.7. The lowest BCUT2D eigenvalue weighted by Crippen LogP contribution is -2.53. The molecule has 0 aliphatic carbocycles. The van der Waals surface area contributed by atoms with Gasteiger partial charge in [-0.2, -0.15) is 0 Å². The molecule has 0 aliphatic rings. The van der Waals surface area contributed by atoms with Crippen molar-refractivity contribution in [1.82, 2.24) is 10.2 Å². The van der Waals surface area contributed by atoms with E-state index in [4.69, 9.17) is 27.9 Å². The first-order valence-electron chi connectivity index (χ1n) is 15.0. The first-order chi connectivity index (χ1) is 22.1. The maximum Gasteiger partial charge on any atom is 0.264 e. The van der Waals surface area contributed by atoms with Crippen molar-refractivity contribution in [3.63, 3.8) is 0 Å². The number of amides is 2. The molecule has 0 saturated carbocycles. The summed E-state index contributed by atoms with van der Waals surface area (Å²) in [6.07, 6.45) is 0.881.